The van der Waals surface area contributed by atoms with Gasteiger partial charge in [0.05, 0.1) is 11.4 Å². The Morgan fingerprint density at radius 1 is 1.07 bits per heavy atom. The molecule has 0 atom stereocenters. The fourth-order valence-electron chi connectivity index (χ4n) is 4.02. The van der Waals surface area contributed by atoms with Gasteiger partial charge >= 0.3 is 0 Å². The van der Waals surface area contributed by atoms with Gasteiger partial charge in [-0.3, -0.25) is 4.79 Å². The van der Waals surface area contributed by atoms with Crippen molar-refractivity contribution in [3.05, 3.63) is 50.7 Å². The van der Waals surface area contributed by atoms with Crippen molar-refractivity contribution in [3.63, 3.8) is 0 Å². The number of aryl methyl sites for hydroxylation is 3. The maximum absolute atomic E-state index is 12.9. The minimum Gasteiger partial charge on any atom is -0.372 e. The maximum atomic E-state index is 12.9. The van der Waals surface area contributed by atoms with Crippen LogP contribution in [0.2, 0.25) is 0 Å². The summed E-state index contributed by atoms with van der Waals surface area (Å²) in [7, 11) is 0. The van der Waals surface area contributed by atoms with Gasteiger partial charge in [-0.25, -0.2) is 9.98 Å². The zero-order valence-corrected chi connectivity index (χ0v) is 18.8. The van der Waals surface area contributed by atoms with Gasteiger partial charge in [0.25, 0.3) is 5.56 Å². The highest BCUT2D eigenvalue weighted by atomic mass is 16.1. The smallest absolute Gasteiger partial charge is 0.278 e. The predicted molar refractivity (Wildman–Crippen MR) is 122 cm³/mol. The second-order valence-corrected chi connectivity index (χ2v) is 7.95. The zero-order valence-electron chi connectivity index (χ0n) is 18.8. The van der Waals surface area contributed by atoms with Crippen molar-refractivity contribution < 1.29 is 0 Å². The normalized spacial score (nSPS) is 14.5. The second kappa shape index (κ2) is 7.93. The maximum Gasteiger partial charge on any atom is 0.278 e. The molecule has 6 nitrogen and oxygen atoms in total. The van der Waals surface area contributed by atoms with Crippen LogP contribution >= 0.6 is 0 Å². The molecule has 1 aliphatic rings. The summed E-state index contributed by atoms with van der Waals surface area (Å²) in [6.45, 7) is 18.2. The molecule has 0 radical (unpaired) electrons. The highest BCUT2D eigenvalue weighted by Gasteiger charge is 2.26. The Labute approximate surface area is 173 Å². The summed E-state index contributed by atoms with van der Waals surface area (Å²) in [4.78, 5) is 24.9. The Bertz CT molecular complexity index is 1050. The molecule has 0 unspecified atom stereocenters. The number of hydrogen-bond donors (Lipinski definition) is 0. The first kappa shape index (κ1) is 21.0. The van der Waals surface area contributed by atoms with Crippen LogP contribution in [0.5, 0.6) is 0 Å². The monoisotopic (exact) mass is 393 g/mol. The molecule has 0 amide bonds. The van der Waals surface area contributed by atoms with E-state index >= 15 is 0 Å². The Balaban J connectivity index is 2.15. The minimum absolute atomic E-state index is 0.0985. The van der Waals surface area contributed by atoms with E-state index in [0.717, 1.165) is 35.6 Å². The molecule has 6 heteroatoms. The van der Waals surface area contributed by atoms with Crippen LogP contribution in [0.15, 0.2) is 27.0 Å². The van der Waals surface area contributed by atoms with Crippen LogP contribution < -0.4 is 10.5 Å². The van der Waals surface area contributed by atoms with E-state index in [1.807, 2.05) is 27.7 Å². The Morgan fingerprint density at radius 2 is 1.66 bits per heavy atom. The van der Waals surface area contributed by atoms with E-state index in [1.165, 1.54) is 10.4 Å². The van der Waals surface area contributed by atoms with Gasteiger partial charge in [-0.05, 0) is 70.7 Å². The van der Waals surface area contributed by atoms with Gasteiger partial charge in [0, 0.05) is 30.0 Å². The summed E-state index contributed by atoms with van der Waals surface area (Å²) in [5, 5.41) is 4.46. The second-order valence-electron chi connectivity index (χ2n) is 7.95. The molecule has 29 heavy (non-hydrogen) atoms. The van der Waals surface area contributed by atoms with Gasteiger partial charge in [0.15, 0.2) is 5.82 Å². The average Bonchev–Trinajstić information content (AvgIpc) is 2.94. The molecule has 0 saturated carbocycles. The lowest BCUT2D eigenvalue weighted by molar-refractivity contribution is 0.728. The van der Waals surface area contributed by atoms with Gasteiger partial charge in [0.2, 0.25) is 0 Å². The van der Waals surface area contributed by atoms with E-state index in [2.05, 4.69) is 49.8 Å². The van der Waals surface area contributed by atoms with E-state index in [9.17, 15) is 4.79 Å². The molecule has 0 N–H and O–H groups in total. The molecule has 3 rings (SSSR count). The summed E-state index contributed by atoms with van der Waals surface area (Å²) in [5.41, 5.74) is 7.06. The third-order valence-corrected chi connectivity index (χ3v) is 5.50. The third-order valence-electron chi connectivity index (χ3n) is 5.50. The fourth-order valence-corrected chi connectivity index (χ4v) is 4.02. The van der Waals surface area contributed by atoms with Crippen LogP contribution in [0.25, 0.3) is 0 Å². The fraction of sp³-hybridized carbons (Fsp3) is 0.478. The van der Waals surface area contributed by atoms with Crippen molar-refractivity contribution in [3.8, 4) is 0 Å². The van der Waals surface area contributed by atoms with E-state index in [1.54, 1.807) is 0 Å². The Hall–Kier alpha value is -2.76. The van der Waals surface area contributed by atoms with Crippen molar-refractivity contribution in [2.75, 3.05) is 18.0 Å². The molecule has 0 spiro atoms. The molecular formula is C23H31N5O. The van der Waals surface area contributed by atoms with Crippen LogP contribution in [-0.2, 0) is 0 Å². The Morgan fingerprint density at radius 3 is 2.17 bits per heavy atom. The summed E-state index contributed by atoms with van der Waals surface area (Å²) < 4.78 is 1.41. The molecule has 1 aromatic heterocycles. The van der Waals surface area contributed by atoms with Crippen molar-refractivity contribution in [1.29, 1.82) is 0 Å². The van der Waals surface area contributed by atoms with Gasteiger partial charge in [-0.15, -0.1) is 0 Å². The van der Waals surface area contributed by atoms with Crippen molar-refractivity contribution in [1.82, 2.24) is 9.66 Å². The average molecular weight is 394 g/mol. The topological polar surface area (TPSA) is 62.9 Å². The lowest BCUT2D eigenvalue weighted by atomic mass is 10.0. The predicted octanol–water partition coefficient (Wildman–Crippen LogP) is 4.50. The number of aromatic nitrogens is 2. The number of anilines is 1. The lowest BCUT2D eigenvalue weighted by Gasteiger charge is -2.23. The molecule has 154 valence electrons. The van der Waals surface area contributed by atoms with Crippen molar-refractivity contribution >= 4 is 22.8 Å². The van der Waals surface area contributed by atoms with E-state index in [-0.39, 0.29) is 11.5 Å². The van der Waals surface area contributed by atoms with Gasteiger partial charge in [-0.2, -0.15) is 9.78 Å². The Kier molecular flexibility index (Phi) is 5.73. The minimum atomic E-state index is -0.0997. The lowest BCUT2D eigenvalue weighted by Crippen LogP contribution is -2.27. The van der Waals surface area contributed by atoms with Gasteiger partial charge in [-0.1, -0.05) is 13.8 Å². The van der Waals surface area contributed by atoms with Crippen molar-refractivity contribution in [2.24, 2.45) is 10.1 Å². The molecule has 0 fully saturated rings. The summed E-state index contributed by atoms with van der Waals surface area (Å²) in [6.07, 6.45) is 0. The molecule has 2 heterocycles. The molecular weight excluding hydrogens is 362 g/mol. The standard InChI is InChI=1S/C23H31N5O/c1-9-27(10-2)18-11-14(5)20(15(6)12-18)25-21-17(8)26-28-22(21)24-16(7)19(13(3)4)23(28)29/h11-13H,9-10H2,1-8H3. The van der Waals surface area contributed by atoms with Gasteiger partial charge < -0.3 is 4.90 Å². The molecule has 1 aliphatic heterocycles. The van der Waals surface area contributed by atoms with Crippen molar-refractivity contribution in [2.45, 2.75) is 61.3 Å². The van der Waals surface area contributed by atoms with Gasteiger partial charge in [0.1, 0.15) is 5.71 Å². The molecule has 0 saturated heterocycles. The van der Waals surface area contributed by atoms with Crippen LogP contribution in [0, 0.1) is 20.8 Å². The highest BCUT2D eigenvalue weighted by molar-refractivity contribution is 6.48. The molecule has 2 aromatic rings. The van der Waals surface area contributed by atoms with Crippen LogP contribution in [0.3, 0.4) is 0 Å². The summed E-state index contributed by atoms with van der Waals surface area (Å²) in [5.74, 6) is 0.627. The molecule has 1 aromatic carbocycles. The summed E-state index contributed by atoms with van der Waals surface area (Å²) in [6, 6.07) is 4.35. The highest BCUT2D eigenvalue weighted by Crippen LogP contribution is 2.31. The first-order valence-electron chi connectivity index (χ1n) is 10.3. The number of benzene rings is 1. The first-order chi connectivity index (χ1) is 13.7. The quantitative estimate of drug-likeness (QED) is 0.751. The number of nitrogens with zero attached hydrogens (tertiary/aromatic N) is 5. The van der Waals surface area contributed by atoms with Crippen LogP contribution in [0.4, 0.5) is 11.4 Å². The van der Waals surface area contributed by atoms with Crippen LogP contribution in [-0.4, -0.2) is 34.2 Å². The molecule has 0 bridgehead atoms. The largest absolute Gasteiger partial charge is 0.372 e. The first-order valence-corrected chi connectivity index (χ1v) is 10.3. The molecule has 0 aliphatic carbocycles. The zero-order chi connectivity index (χ0) is 21.5. The number of hydrogen-bond acceptors (Lipinski definition) is 5. The van der Waals surface area contributed by atoms with E-state index in [4.69, 9.17) is 9.98 Å². The van der Waals surface area contributed by atoms with Crippen LogP contribution in [0.1, 0.15) is 68.7 Å². The number of rotatable bonds is 5. The number of fused-ring (bicyclic) bond motifs is 1. The number of aliphatic imine (C=N–C) groups is 1. The van der Waals surface area contributed by atoms with E-state index < -0.39 is 0 Å². The summed E-state index contributed by atoms with van der Waals surface area (Å²) >= 11 is 0. The SMILES string of the molecule is CCN(CC)c1cc(C)c(N=C2C(C)=Nn3c2nc(C)c(C(C)C)c3=O)c(C)c1. The van der Waals surface area contributed by atoms with E-state index in [0.29, 0.717) is 22.8 Å². The third kappa shape index (κ3) is 3.63.